The number of anilines is 1. The number of nitrogens with one attached hydrogen (secondary N) is 1. The Labute approximate surface area is 109 Å². The van der Waals surface area contributed by atoms with Gasteiger partial charge in [0, 0.05) is 12.7 Å². The smallest absolute Gasteiger partial charge is 0.243 e. The molecule has 0 aromatic heterocycles. The van der Waals surface area contributed by atoms with Gasteiger partial charge in [-0.15, -0.1) is 0 Å². The van der Waals surface area contributed by atoms with Crippen LogP contribution in [0.4, 0.5) is 5.69 Å². The second kappa shape index (κ2) is 5.11. The number of aryl methyl sites for hydroxylation is 3. The Morgan fingerprint density at radius 3 is 2.39 bits per heavy atom. The highest BCUT2D eigenvalue weighted by atomic mass is 16.2. The van der Waals surface area contributed by atoms with Gasteiger partial charge in [-0.05, 0) is 51.3 Å². The van der Waals surface area contributed by atoms with Crippen LogP contribution in [0.1, 0.15) is 29.5 Å². The molecular formula is C15H22N2O. The van der Waals surface area contributed by atoms with Crippen LogP contribution >= 0.6 is 0 Å². The fourth-order valence-electron chi connectivity index (χ4n) is 2.94. The summed E-state index contributed by atoms with van der Waals surface area (Å²) in [5.74, 6) is 0.183. The molecule has 3 heteroatoms. The molecule has 1 aromatic rings. The van der Waals surface area contributed by atoms with Crippen molar-refractivity contribution in [2.75, 3.05) is 18.5 Å². The molecule has 1 aliphatic rings. The first-order valence-corrected chi connectivity index (χ1v) is 6.59. The Morgan fingerprint density at radius 1 is 1.28 bits per heavy atom. The zero-order valence-corrected chi connectivity index (χ0v) is 11.7. The number of carbonyl (C=O) groups excluding carboxylic acids is 1. The van der Waals surface area contributed by atoms with Gasteiger partial charge in [-0.1, -0.05) is 17.7 Å². The number of nitrogens with zero attached hydrogens (tertiary/aromatic N) is 1. The van der Waals surface area contributed by atoms with Gasteiger partial charge >= 0.3 is 0 Å². The average molecular weight is 246 g/mol. The van der Waals surface area contributed by atoms with Crippen molar-refractivity contribution >= 4 is 11.6 Å². The van der Waals surface area contributed by atoms with E-state index in [1.54, 1.807) is 0 Å². The molecule has 0 spiro atoms. The van der Waals surface area contributed by atoms with Crippen molar-refractivity contribution < 1.29 is 4.79 Å². The maximum atomic E-state index is 12.4. The third-order valence-electron chi connectivity index (χ3n) is 3.66. The summed E-state index contributed by atoms with van der Waals surface area (Å²) in [6.07, 6.45) is 2.04. The van der Waals surface area contributed by atoms with E-state index in [1.807, 2.05) is 11.9 Å². The van der Waals surface area contributed by atoms with Gasteiger partial charge < -0.3 is 10.2 Å². The summed E-state index contributed by atoms with van der Waals surface area (Å²) in [4.78, 5) is 14.2. The quantitative estimate of drug-likeness (QED) is 0.868. The maximum absolute atomic E-state index is 12.4. The van der Waals surface area contributed by atoms with Crippen molar-refractivity contribution in [3.63, 3.8) is 0 Å². The van der Waals surface area contributed by atoms with Crippen LogP contribution in [0.25, 0.3) is 0 Å². The van der Waals surface area contributed by atoms with Gasteiger partial charge in [-0.3, -0.25) is 4.79 Å². The molecule has 1 heterocycles. The summed E-state index contributed by atoms with van der Waals surface area (Å²) in [5, 5.41) is 3.27. The van der Waals surface area contributed by atoms with Crippen LogP contribution in [0.3, 0.4) is 0 Å². The third kappa shape index (κ3) is 2.41. The zero-order chi connectivity index (χ0) is 13.3. The average Bonchev–Trinajstić information content (AvgIpc) is 2.79. The molecule has 1 aromatic carbocycles. The standard InChI is InChI=1S/C15H22N2O/c1-10-8-11(2)14(12(3)9-10)17(4)15(18)13-6-5-7-16-13/h8-9,13,16H,5-7H2,1-4H3/t13-/m0/s1. The molecule has 0 aliphatic carbocycles. The van der Waals surface area contributed by atoms with E-state index in [0.717, 1.165) is 25.1 Å². The van der Waals surface area contributed by atoms with E-state index < -0.39 is 0 Å². The lowest BCUT2D eigenvalue weighted by atomic mass is 10.0. The fraction of sp³-hybridized carbons (Fsp3) is 0.533. The van der Waals surface area contributed by atoms with Crippen molar-refractivity contribution in [3.05, 3.63) is 28.8 Å². The summed E-state index contributed by atoms with van der Waals surface area (Å²) in [6, 6.07) is 4.26. The van der Waals surface area contributed by atoms with Crippen LogP contribution < -0.4 is 10.2 Å². The van der Waals surface area contributed by atoms with E-state index in [2.05, 4.69) is 38.2 Å². The number of likely N-dealkylation sites (N-methyl/N-ethyl adjacent to an activating group) is 1. The molecule has 1 aliphatic heterocycles. The molecule has 1 fully saturated rings. The Kier molecular flexibility index (Phi) is 3.71. The van der Waals surface area contributed by atoms with Gasteiger partial charge in [0.2, 0.25) is 5.91 Å². The van der Waals surface area contributed by atoms with Crippen LogP contribution in [0.15, 0.2) is 12.1 Å². The zero-order valence-electron chi connectivity index (χ0n) is 11.7. The lowest BCUT2D eigenvalue weighted by Crippen LogP contribution is -2.42. The normalized spacial score (nSPS) is 19.0. The minimum atomic E-state index is -0.00453. The SMILES string of the molecule is Cc1cc(C)c(N(C)C(=O)[C@@H]2CCCN2)c(C)c1. The molecule has 0 saturated carbocycles. The van der Waals surface area contributed by atoms with E-state index >= 15 is 0 Å². The number of hydrogen-bond donors (Lipinski definition) is 1. The Morgan fingerprint density at radius 2 is 1.89 bits per heavy atom. The van der Waals surface area contributed by atoms with Crippen LogP contribution in [0.2, 0.25) is 0 Å². The Bertz CT molecular complexity index is 439. The second-order valence-electron chi connectivity index (χ2n) is 5.29. The minimum Gasteiger partial charge on any atom is -0.314 e. The summed E-state index contributed by atoms with van der Waals surface area (Å²) in [7, 11) is 1.88. The van der Waals surface area contributed by atoms with Crippen molar-refractivity contribution in [1.29, 1.82) is 0 Å². The Hall–Kier alpha value is -1.35. The van der Waals surface area contributed by atoms with Gasteiger partial charge in [0.1, 0.15) is 0 Å². The van der Waals surface area contributed by atoms with Gasteiger partial charge in [0.05, 0.1) is 6.04 Å². The molecular weight excluding hydrogens is 224 g/mol. The summed E-state index contributed by atoms with van der Waals surface area (Å²) in [6.45, 7) is 7.18. The van der Waals surface area contributed by atoms with Crippen LogP contribution in [-0.4, -0.2) is 25.5 Å². The molecule has 0 unspecified atom stereocenters. The summed E-state index contributed by atoms with van der Waals surface area (Å²) in [5.41, 5.74) is 4.63. The number of hydrogen-bond acceptors (Lipinski definition) is 2. The summed E-state index contributed by atoms with van der Waals surface area (Å²) < 4.78 is 0. The molecule has 0 bridgehead atoms. The van der Waals surface area contributed by atoms with E-state index in [4.69, 9.17) is 0 Å². The monoisotopic (exact) mass is 246 g/mol. The molecule has 98 valence electrons. The van der Waals surface area contributed by atoms with Crippen molar-refractivity contribution in [1.82, 2.24) is 5.32 Å². The predicted molar refractivity (Wildman–Crippen MR) is 75.1 cm³/mol. The van der Waals surface area contributed by atoms with E-state index in [9.17, 15) is 4.79 Å². The molecule has 2 rings (SSSR count). The Balaban J connectivity index is 2.28. The highest BCUT2D eigenvalue weighted by molar-refractivity contribution is 5.98. The number of carbonyl (C=O) groups is 1. The molecule has 1 atom stereocenters. The molecule has 1 amide bonds. The van der Waals surface area contributed by atoms with Crippen molar-refractivity contribution in [2.24, 2.45) is 0 Å². The first-order chi connectivity index (χ1) is 8.50. The van der Waals surface area contributed by atoms with E-state index in [0.29, 0.717) is 0 Å². The predicted octanol–water partition coefficient (Wildman–Crippen LogP) is 2.33. The van der Waals surface area contributed by atoms with Crippen LogP contribution in [0.5, 0.6) is 0 Å². The number of rotatable bonds is 2. The molecule has 3 nitrogen and oxygen atoms in total. The fourth-order valence-corrected chi connectivity index (χ4v) is 2.94. The largest absolute Gasteiger partial charge is 0.314 e. The first-order valence-electron chi connectivity index (χ1n) is 6.59. The van der Waals surface area contributed by atoms with Gasteiger partial charge in [-0.2, -0.15) is 0 Å². The molecule has 1 N–H and O–H groups in total. The lowest BCUT2D eigenvalue weighted by molar-refractivity contribution is -0.119. The van der Waals surface area contributed by atoms with Crippen molar-refractivity contribution in [2.45, 2.75) is 39.7 Å². The highest BCUT2D eigenvalue weighted by Crippen LogP contribution is 2.26. The third-order valence-corrected chi connectivity index (χ3v) is 3.66. The maximum Gasteiger partial charge on any atom is 0.243 e. The number of benzene rings is 1. The summed E-state index contributed by atoms with van der Waals surface area (Å²) >= 11 is 0. The van der Waals surface area contributed by atoms with Crippen LogP contribution in [-0.2, 0) is 4.79 Å². The van der Waals surface area contributed by atoms with Crippen LogP contribution in [0, 0.1) is 20.8 Å². The van der Waals surface area contributed by atoms with Gasteiger partial charge in [0.25, 0.3) is 0 Å². The highest BCUT2D eigenvalue weighted by Gasteiger charge is 2.26. The molecule has 1 saturated heterocycles. The topological polar surface area (TPSA) is 32.3 Å². The molecule has 18 heavy (non-hydrogen) atoms. The number of amides is 1. The van der Waals surface area contributed by atoms with E-state index in [1.165, 1.54) is 16.7 Å². The van der Waals surface area contributed by atoms with Gasteiger partial charge in [0.15, 0.2) is 0 Å². The van der Waals surface area contributed by atoms with Gasteiger partial charge in [-0.25, -0.2) is 0 Å². The second-order valence-corrected chi connectivity index (χ2v) is 5.29. The minimum absolute atomic E-state index is 0.00453. The van der Waals surface area contributed by atoms with E-state index in [-0.39, 0.29) is 11.9 Å². The first kappa shape index (κ1) is 13.1. The lowest BCUT2D eigenvalue weighted by Gasteiger charge is -2.25. The van der Waals surface area contributed by atoms with Crippen molar-refractivity contribution in [3.8, 4) is 0 Å². The molecule has 0 radical (unpaired) electrons.